The fraction of sp³-hybridized carbons (Fsp3) is 0.103. The van der Waals surface area contributed by atoms with Crippen LogP contribution in [0.25, 0.3) is 38.8 Å². The molecule has 0 radical (unpaired) electrons. The molecule has 0 N–H and O–H groups in total. The van der Waals surface area contributed by atoms with Crippen molar-refractivity contribution < 1.29 is 4.74 Å². The zero-order chi connectivity index (χ0) is 29.6. The standard InChI is InChI=1S/C39H32N4O/c1-27(2)41-26-42(37-18-9-8-17-36(37)41)30-13-10-14-31(24-30)44-32-19-20-34-33-15-6-7-16-35(33)43(38(34)25-32)39-23-29(21-22-40-39)28-11-4-3-5-12-28/h3-25,27H,26H2,1-2H3. The van der Waals surface area contributed by atoms with Crippen molar-refractivity contribution in [3.05, 3.63) is 140 Å². The Morgan fingerprint density at radius 2 is 1.36 bits per heavy atom. The molecular weight excluding hydrogens is 540 g/mol. The molecule has 0 saturated carbocycles. The maximum atomic E-state index is 6.55. The molecule has 1 aliphatic heterocycles. The first-order valence-corrected chi connectivity index (χ1v) is 15.1. The number of pyridine rings is 1. The van der Waals surface area contributed by atoms with Gasteiger partial charge in [0.1, 0.15) is 17.3 Å². The van der Waals surface area contributed by atoms with Crippen molar-refractivity contribution in [1.82, 2.24) is 9.55 Å². The molecule has 7 aromatic rings. The van der Waals surface area contributed by atoms with Crippen molar-refractivity contribution in [2.75, 3.05) is 16.5 Å². The van der Waals surface area contributed by atoms with Gasteiger partial charge < -0.3 is 14.5 Å². The molecule has 8 rings (SSSR count). The van der Waals surface area contributed by atoms with Crippen molar-refractivity contribution in [3.8, 4) is 28.4 Å². The summed E-state index contributed by atoms with van der Waals surface area (Å²) in [6, 6.07) is 46.9. The molecule has 0 fully saturated rings. The SMILES string of the molecule is CC(C)N1CN(c2cccc(Oc3ccc4c5ccccc5n(-c5cc(-c6ccccc6)ccn5)c4c3)c2)c2ccccc21. The number of para-hydroxylation sites is 3. The van der Waals surface area contributed by atoms with Crippen LogP contribution in [0.1, 0.15) is 13.8 Å². The van der Waals surface area contributed by atoms with Gasteiger partial charge in [0.25, 0.3) is 0 Å². The van der Waals surface area contributed by atoms with Gasteiger partial charge in [-0.2, -0.15) is 0 Å². The first kappa shape index (κ1) is 26.1. The fourth-order valence-corrected chi connectivity index (χ4v) is 6.36. The maximum Gasteiger partial charge on any atom is 0.138 e. The third kappa shape index (κ3) is 4.45. The van der Waals surface area contributed by atoms with Crippen LogP contribution in [0.2, 0.25) is 0 Å². The summed E-state index contributed by atoms with van der Waals surface area (Å²) in [5.41, 5.74) is 8.05. The van der Waals surface area contributed by atoms with Crippen LogP contribution in [-0.4, -0.2) is 22.3 Å². The third-order valence-electron chi connectivity index (χ3n) is 8.49. The number of hydrogen-bond donors (Lipinski definition) is 0. The van der Waals surface area contributed by atoms with Crippen LogP contribution in [0.4, 0.5) is 17.1 Å². The summed E-state index contributed by atoms with van der Waals surface area (Å²) in [6.07, 6.45) is 1.89. The number of nitrogens with zero attached hydrogens (tertiary/aromatic N) is 4. The van der Waals surface area contributed by atoms with Gasteiger partial charge in [-0.1, -0.05) is 66.7 Å². The highest BCUT2D eigenvalue weighted by molar-refractivity contribution is 6.09. The van der Waals surface area contributed by atoms with Crippen LogP contribution in [0, 0.1) is 0 Å². The van der Waals surface area contributed by atoms with Gasteiger partial charge in [0.15, 0.2) is 0 Å². The van der Waals surface area contributed by atoms with Gasteiger partial charge in [0.05, 0.1) is 29.1 Å². The Labute approximate surface area is 257 Å². The molecule has 1 aliphatic rings. The van der Waals surface area contributed by atoms with Crippen molar-refractivity contribution in [2.45, 2.75) is 19.9 Å². The monoisotopic (exact) mass is 572 g/mol. The zero-order valence-electron chi connectivity index (χ0n) is 24.8. The lowest BCUT2D eigenvalue weighted by Gasteiger charge is -2.25. The minimum absolute atomic E-state index is 0.405. The van der Waals surface area contributed by atoms with E-state index in [9.17, 15) is 0 Å². The van der Waals surface area contributed by atoms with Gasteiger partial charge in [-0.15, -0.1) is 0 Å². The second kappa shape index (κ2) is 10.6. The van der Waals surface area contributed by atoms with Crippen LogP contribution < -0.4 is 14.5 Å². The highest BCUT2D eigenvalue weighted by Crippen LogP contribution is 2.42. The fourth-order valence-electron chi connectivity index (χ4n) is 6.36. The molecule has 5 aromatic carbocycles. The number of fused-ring (bicyclic) bond motifs is 4. The van der Waals surface area contributed by atoms with Crippen molar-refractivity contribution in [3.63, 3.8) is 0 Å². The molecule has 0 unspecified atom stereocenters. The lowest BCUT2D eigenvalue weighted by atomic mass is 10.1. The number of hydrogen-bond acceptors (Lipinski definition) is 4. The Morgan fingerprint density at radius 1 is 0.614 bits per heavy atom. The number of anilines is 3. The second-order valence-corrected chi connectivity index (χ2v) is 11.5. The van der Waals surface area contributed by atoms with Crippen LogP contribution in [0.3, 0.4) is 0 Å². The topological polar surface area (TPSA) is 33.5 Å². The van der Waals surface area contributed by atoms with E-state index in [2.05, 4.69) is 150 Å². The Hall–Kier alpha value is -5.55. The summed E-state index contributed by atoms with van der Waals surface area (Å²) in [7, 11) is 0. The summed E-state index contributed by atoms with van der Waals surface area (Å²) in [6.45, 7) is 5.28. The first-order chi connectivity index (χ1) is 21.6. The smallest absolute Gasteiger partial charge is 0.138 e. The highest BCUT2D eigenvalue weighted by atomic mass is 16.5. The van der Waals surface area contributed by atoms with E-state index >= 15 is 0 Å². The van der Waals surface area contributed by atoms with Gasteiger partial charge in [-0.05, 0) is 79.6 Å². The largest absolute Gasteiger partial charge is 0.457 e. The summed E-state index contributed by atoms with van der Waals surface area (Å²) in [5.74, 6) is 2.46. The van der Waals surface area contributed by atoms with E-state index in [1.54, 1.807) is 0 Å². The van der Waals surface area contributed by atoms with Gasteiger partial charge >= 0.3 is 0 Å². The minimum atomic E-state index is 0.405. The Morgan fingerprint density at radius 3 is 2.23 bits per heavy atom. The quantitative estimate of drug-likeness (QED) is 0.199. The van der Waals surface area contributed by atoms with E-state index in [4.69, 9.17) is 9.72 Å². The number of rotatable bonds is 6. The van der Waals surface area contributed by atoms with E-state index in [0.717, 1.165) is 57.2 Å². The molecule has 0 spiro atoms. The second-order valence-electron chi connectivity index (χ2n) is 11.5. The van der Waals surface area contributed by atoms with Gasteiger partial charge in [-0.25, -0.2) is 4.98 Å². The van der Waals surface area contributed by atoms with Crippen molar-refractivity contribution in [2.24, 2.45) is 0 Å². The van der Waals surface area contributed by atoms with E-state index in [-0.39, 0.29) is 0 Å². The average Bonchev–Trinajstić information content (AvgIpc) is 3.62. The van der Waals surface area contributed by atoms with Crippen LogP contribution in [-0.2, 0) is 0 Å². The summed E-state index contributed by atoms with van der Waals surface area (Å²) in [4.78, 5) is 9.61. The molecule has 0 bridgehead atoms. The molecule has 0 saturated heterocycles. The van der Waals surface area contributed by atoms with Crippen LogP contribution >= 0.6 is 0 Å². The molecule has 5 heteroatoms. The number of benzene rings is 5. The van der Waals surface area contributed by atoms with Gasteiger partial charge in [-0.3, -0.25) is 4.57 Å². The Bertz CT molecular complexity index is 2130. The molecule has 3 heterocycles. The van der Waals surface area contributed by atoms with Crippen molar-refractivity contribution >= 4 is 38.9 Å². The average molecular weight is 573 g/mol. The molecule has 0 atom stereocenters. The normalized spacial score (nSPS) is 12.8. The number of aromatic nitrogens is 2. The molecule has 214 valence electrons. The highest BCUT2D eigenvalue weighted by Gasteiger charge is 2.28. The summed E-state index contributed by atoms with van der Waals surface area (Å²) < 4.78 is 8.79. The third-order valence-corrected chi connectivity index (χ3v) is 8.49. The molecule has 0 amide bonds. The van der Waals surface area contributed by atoms with Crippen LogP contribution in [0.15, 0.2) is 140 Å². The predicted molar refractivity (Wildman–Crippen MR) is 182 cm³/mol. The molecule has 5 nitrogen and oxygen atoms in total. The Balaban J connectivity index is 1.18. The maximum absolute atomic E-state index is 6.55. The Kier molecular flexibility index (Phi) is 6.30. The van der Waals surface area contributed by atoms with E-state index in [1.807, 2.05) is 18.3 Å². The molecule has 2 aromatic heterocycles. The summed E-state index contributed by atoms with van der Waals surface area (Å²) in [5, 5.41) is 2.35. The lowest BCUT2D eigenvalue weighted by Crippen LogP contribution is -2.33. The minimum Gasteiger partial charge on any atom is -0.457 e. The zero-order valence-corrected chi connectivity index (χ0v) is 24.8. The lowest BCUT2D eigenvalue weighted by molar-refractivity contribution is 0.483. The molecule has 0 aliphatic carbocycles. The summed E-state index contributed by atoms with van der Waals surface area (Å²) >= 11 is 0. The molecular formula is C39H32N4O. The van der Waals surface area contributed by atoms with E-state index in [1.165, 1.54) is 16.8 Å². The van der Waals surface area contributed by atoms with Crippen LogP contribution in [0.5, 0.6) is 11.5 Å². The van der Waals surface area contributed by atoms with Crippen molar-refractivity contribution in [1.29, 1.82) is 0 Å². The van der Waals surface area contributed by atoms with E-state index < -0.39 is 0 Å². The van der Waals surface area contributed by atoms with Gasteiger partial charge in [0, 0.05) is 40.8 Å². The molecule has 44 heavy (non-hydrogen) atoms. The first-order valence-electron chi connectivity index (χ1n) is 15.1. The predicted octanol–water partition coefficient (Wildman–Crippen LogP) is 9.96. The number of ether oxygens (including phenoxy) is 1. The van der Waals surface area contributed by atoms with Gasteiger partial charge in [0.2, 0.25) is 0 Å². The van der Waals surface area contributed by atoms with E-state index in [0.29, 0.717) is 6.04 Å².